The standard InChI is InChI=1S/C14H22NO5/c1-15(2,3)9-4-6-10(7-5-9)19-14-13(18)12(17)11(8-16)20-14/h4-7,11-14,16-18H,8H2,1-3H3/q+1/t11-,12-,13-,14+/m1/s1. The van der Waals surface area contributed by atoms with Crippen LogP contribution in [0.5, 0.6) is 5.75 Å². The summed E-state index contributed by atoms with van der Waals surface area (Å²) in [7, 11) is 6.17. The first-order valence-electron chi connectivity index (χ1n) is 6.54. The minimum atomic E-state index is -1.18. The molecule has 0 amide bonds. The predicted molar refractivity (Wildman–Crippen MR) is 74.4 cm³/mol. The highest BCUT2D eigenvalue weighted by Crippen LogP contribution is 2.26. The van der Waals surface area contributed by atoms with E-state index in [2.05, 4.69) is 21.1 Å². The van der Waals surface area contributed by atoms with Crippen molar-refractivity contribution >= 4 is 5.69 Å². The Morgan fingerprint density at radius 2 is 1.70 bits per heavy atom. The van der Waals surface area contributed by atoms with Crippen LogP contribution in [0.3, 0.4) is 0 Å². The monoisotopic (exact) mass is 284 g/mol. The van der Waals surface area contributed by atoms with E-state index in [0.717, 1.165) is 5.69 Å². The van der Waals surface area contributed by atoms with Gasteiger partial charge in [-0.2, -0.15) is 0 Å². The van der Waals surface area contributed by atoms with E-state index < -0.39 is 24.6 Å². The van der Waals surface area contributed by atoms with Crippen molar-refractivity contribution in [2.24, 2.45) is 0 Å². The number of nitrogens with zero attached hydrogens (tertiary/aromatic N) is 1. The lowest BCUT2D eigenvalue weighted by atomic mass is 10.1. The van der Waals surface area contributed by atoms with E-state index >= 15 is 0 Å². The van der Waals surface area contributed by atoms with Crippen LogP contribution < -0.4 is 9.22 Å². The summed E-state index contributed by atoms with van der Waals surface area (Å²) in [5, 5.41) is 28.4. The number of aliphatic hydroxyl groups excluding tert-OH is 3. The average molecular weight is 284 g/mol. The Morgan fingerprint density at radius 1 is 1.10 bits per heavy atom. The molecular formula is C14H22NO5+. The van der Waals surface area contributed by atoms with Gasteiger partial charge >= 0.3 is 0 Å². The molecule has 1 saturated heterocycles. The summed E-state index contributed by atoms with van der Waals surface area (Å²) in [6.45, 7) is -0.363. The molecule has 6 heteroatoms. The highest BCUT2D eigenvalue weighted by Gasteiger charge is 2.43. The van der Waals surface area contributed by atoms with E-state index in [1.54, 1.807) is 12.1 Å². The van der Waals surface area contributed by atoms with E-state index in [9.17, 15) is 10.2 Å². The van der Waals surface area contributed by atoms with Gasteiger partial charge in [0.1, 0.15) is 29.7 Å². The van der Waals surface area contributed by atoms with Crippen molar-refractivity contribution in [2.75, 3.05) is 27.7 Å². The fourth-order valence-corrected chi connectivity index (χ4v) is 2.07. The quantitative estimate of drug-likeness (QED) is 0.662. The molecule has 2 rings (SSSR count). The Bertz CT molecular complexity index is 442. The molecule has 1 aromatic carbocycles. The molecule has 1 aliphatic rings. The molecule has 0 unspecified atom stereocenters. The number of rotatable bonds is 4. The summed E-state index contributed by atoms with van der Waals surface area (Å²) < 4.78 is 11.5. The van der Waals surface area contributed by atoms with Gasteiger partial charge in [0.05, 0.1) is 27.7 Å². The zero-order valence-corrected chi connectivity index (χ0v) is 11.9. The maximum absolute atomic E-state index is 9.79. The van der Waals surface area contributed by atoms with Gasteiger partial charge in [0, 0.05) is 12.1 Å². The van der Waals surface area contributed by atoms with Crippen LogP contribution in [0.1, 0.15) is 0 Å². The molecule has 112 valence electrons. The van der Waals surface area contributed by atoms with Crippen LogP contribution >= 0.6 is 0 Å². The Kier molecular flexibility index (Phi) is 4.31. The fraction of sp³-hybridized carbons (Fsp3) is 0.571. The third-order valence-corrected chi connectivity index (χ3v) is 3.36. The largest absolute Gasteiger partial charge is 0.462 e. The lowest BCUT2D eigenvalue weighted by Gasteiger charge is -2.23. The Labute approximate surface area is 118 Å². The number of benzene rings is 1. The highest BCUT2D eigenvalue weighted by molar-refractivity contribution is 5.44. The second-order valence-electron chi connectivity index (χ2n) is 5.83. The highest BCUT2D eigenvalue weighted by atomic mass is 16.7. The molecule has 0 spiro atoms. The normalized spacial score (nSPS) is 30.5. The van der Waals surface area contributed by atoms with E-state index in [-0.39, 0.29) is 6.61 Å². The molecule has 20 heavy (non-hydrogen) atoms. The number of quaternary nitrogens is 1. The van der Waals surface area contributed by atoms with Crippen LogP contribution in [0.25, 0.3) is 0 Å². The van der Waals surface area contributed by atoms with Crippen molar-refractivity contribution in [1.29, 1.82) is 0 Å². The molecule has 1 aliphatic heterocycles. The van der Waals surface area contributed by atoms with Gasteiger partial charge in [-0.25, -0.2) is 0 Å². The average Bonchev–Trinajstić information content (AvgIpc) is 2.66. The van der Waals surface area contributed by atoms with Crippen molar-refractivity contribution in [3.05, 3.63) is 24.3 Å². The third kappa shape index (κ3) is 3.11. The molecule has 1 aromatic rings. The molecular weight excluding hydrogens is 262 g/mol. The minimum absolute atomic E-state index is 0.363. The van der Waals surface area contributed by atoms with Crippen LogP contribution in [0.15, 0.2) is 24.3 Å². The smallest absolute Gasteiger partial charge is 0.229 e. The lowest BCUT2D eigenvalue weighted by molar-refractivity contribution is -0.116. The van der Waals surface area contributed by atoms with Gasteiger partial charge in [-0.05, 0) is 12.1 Å². The van der Waals surface area contributed by atoms with Crippen LogP contribution in [-0.4, -0.2) is 67.7 Å². The topological polar surface area (TPSA) is 79.2 Å². The zero-order valence-electron chi connectivity index (χ0n) is 11.9. The summed E-state index contributed by atoms with van der Waals surface area (Å²) >= 11 is 0. The van der Waals surface area contributed by atoms with E-state index in [4.69, 9.17) is 14.6 Å². The van der Waals surface area contributed by atoms with Crippen LogP contribution in [0, 0.1) is 0 Å². The third-order valence-electron chi connectivity index (χ3n) is 3.36. The number of aliphatic hydroxyl groups is 3. The van der Waals surface area contributed by atoms with Crippen LogP contribution in [0.4, 0.5) is 5.69 Å². The van der Waals surface area contributed by atoms with Crippen LogP contribution in [0.2, 0.25) is 0 Å². The van der Waals surface area contributed by atoms with Crippen molar-refractivity contribution < 1.29 is 24.8 Å². The van der Waals surface area contributed by atoms with E-state index in [0.29, 0.717) is 10.2 Å². The van der Waals surface area contributed by atoms with E-state index in [1.807, 2.05) is 12.1 Å². The molecule has 0 aromatic heterocycles. The second kappa shape index (κ2) is 5.67. The molecule has 1 fully saturated rings. The maximum atomic E-state index is 9.79. The SMILES string of the molecule is C[N+](C)(C)c1ccc(O[C@H]2O[C@H](CO)[C@@H](O)[C@H]2O)cc1. The molecule has 0 radical (unpaired) electrons. The fourth-order valence-electron chi connectivity index (χ4n) is 2.07. The molecule has 0 saturated carbocycles. The van der Waals surface area contributed by atoms with Crippen molar-refractivity contribution in [3.63, 3.8) is 0 Å². The van der Waals surface area contributed by atoms with Gasteiger partial charge in [0.25, 0.3) is 0 Å². The van der Waals surface area contributed by atoms with Gasteiger partial charge in [0.2, 0.25) is 6.29 Å². The summed E-state index contributed by atoms with van der Waals surface area (Å²) in [4.78, 5) is 0. The Morgan fingerprint density at radius 3 is 2.15 bits per heavy atom. The first kappa shape index (κ1) is 15.2. The first-order valence-corrected chi connectivity index (χ1v) is 6.54. The molecule has 6 nitrogen and oxygen atoms in total. The second-order valence-corrected chi connectivity index (χ2v) is 5.83. The Balaban J connectivity index is 2.04. The molecule has 1 heterocycles. The summed E-state index contributed by atoms with van der Waals surface area (Å²) in [6.07, 6.45) is -4.11. The van der Waals surface area contributed by atoms with Gasteiger partial charge in [-0.1, -0.05) is 0 Å². The lowest BCUT2D eigenvalue weighted by Crippen LogP contribution is -2.35. The molecule has 4 atom stereocenters. The van der Waals surface area contributed by atoms with Crippen molar-refractivity contribution in [1.82, 2.24) is 4.48 Å². The van der Waals surface area contributed by atoms with Crippen molar-refractivity contribution in [3.8, 4) is 5.75 Å². The van der Waals surface area contributed by atoms with Gasteiger partial charge < -0.3 is 24.8 Å². The first-order chi connectivity index (χ1) is 9.32. The summed E-state index contributed by atoms with van der Waals surface area (Å²) in [5.41, 5.74) is 1.11. The Hall–Kier alpha value is -1.18. The number of hydrogen-bond donors (Lipinski definition) is 3. The molecule has 3 N–H and O–H groups in total. The number of hydrogen-bond acceptors (Lipinski definition) is 5. The minimum Gasteiger partial charge on any atom is -0.462 e. The summed E-state index contributed by atoms with van der Waals surface area (Å²) in [6, 6.07) is 7.42. The van der Waals surface area contributed by atoms with Gasteiger partial charge in [0.15, 0.2) is 0 Å². The maximum Gasteiger partial charge on any atom is 0.229 e. The predicted octanol–water partition coefficient (Wildman–Crippen LogP) is -0.299. The van der Waals surface area contributed by atoms with Crippen molar-refractivity contribution in [2.45, 2.75) is 24.6 Å². The van der Waals surface area contributed by atoms with E-state index in [1.165, 1.54) is 0 Å². The van der Waals surface area contributed by atoms with Gasteiger partial charge in [-0.15, -0.1) is 0 Å². The van der Waals surface area contributed by atoms with Crippen LogP contribution in [-0.2, 0) is 4.74 Å². The molecule has 0 aliphatic carbocycles. The number of ether oxygens (including phenoxy) is 2. The summed E-state index contributed by atoms with van der Waals surface area (Å²) in [5.74, 6) is 0.539. The van der Waals surface area contributed by atoms with Gasteiger partial charge in [-0.3, -0.25) is 4.48 Å². The molecule has 0 bridgehead atoms. The zero-order chi connectivity index (χ0) is 14.9.